The average Bonchev–Trinajstić information content (AvgIpc) is 3.07. The number of ether oxygens (including phenoxy) is 2. The number of carbonyl (C=O) groups is 2. The molecule has 1 aromatic rings. The van der Waals surface area contributed by atoms with Crippen LogP contribution in [0, 0.1) is 0 Å². The van der Waals surface area contributed by atoms with Gasteiger partial charge in [-0.2, -0.15) is 4.31 Å². The van der Waals surface area contributed by atoms with E-state index in [1.54, 1.807) is 11.0 Å². The molecular weight excluding hydrogens is 376 g/mol. The van der Waals surface area contributed by atoms with Crippen LogP contribution in [0.25, 0.3) is 0 Å². The fourth-order valence-electron chi connectivity index (χ4n) is 3.20. The van der Waals surface area contributed by atoms with Gasteiger partial charge >= 0.3 is 5.97 Å². The van der Waals surface area contributed by atoms with Crippen molar-refractivity contribution in [2.45, 2.75) is 19.3 Å². The fraction of sp³-hybridized carbons (Fsp3) is 0.529. The van der Waals surface area contributed by atoms with E-state index in [9.17, 15) is 18.0 Å². The molecule has 1 amide bonds. The molecule has 9 nitrogen and oxygen atoms in total. The van der Waals surface area contributed by atoms with Crippen molar-refractivity contribution in [2.24, 2.45) is 0 Å². The van der Waals surface area contributed by atoms with Gasteiger partial charge in [0.25, 0.3) is 5.91 Å². The molecule has 0 aliphatic carbocycles. The van der Waals surface area contributed by atoms with E-state index >= 15 is 0 Å². The van der Waals surface area contributed by atoms with Crippen molar-refractivity contribution in [3.63, 3.8) is 0 Å². The van der Waals surface area contributed by atoms with Gasteiger partial charge < -0.3 is 19.5 Å². The quantitative estimate of drug-likeness (QED) is 0.712. The summed E-state index contributed by atoms with van der Waals surface area (Å²) in [5.41, 5.74) is 2.62. The molecule has 1 aromatic carbocycles. The number of rotatable bonds is 6. The lowest BCUT2D eigenvalue weighted by atomic mass is 10.1. The first-order valence-corrected chi connectivity index (χ1v) is 10.4. The molecule has 1 N–H and O–H groups in total. The Kier molecular flexibility index (Phi) is 5.80. The molecular formula is C17H22N2O7S. The summed E-state index contributed by atoms with van der Waals surface area (Å²) in [6.07, 6.45) is 0.364. The number of sulfonamides is 1. The van der Waals surface area contributed by atoms with Gasteiger partial charge in [0, 0.05) is 25.2 Å². The van der Waals surface area contributed by atoms with Crippen molar-refractivity contribution < 1.29 is 32.6 Å². The fourth-order valence-corrected chi connectivity index (χ4v) is 3.98. The van der Waals surface area contributed by atoms with E-state index in [-0.39, 0.29) is 25.6 Å². The largest absolute Gasteiger partial charge is 0.480 e. The number of carboxylic acid groups (broad SMARTS) is 1. The summed E-state index contributed by atoms with van der Waals surface area (Å²) in [6.45, 7) is 1.12. The molecule has 0 aromatic heterocycles. The van der Waals surface area contributed by atoms with Crippen molar-refractivity contribution in [3.05, 3.63) is 34.9 Å². The molecule has 0 radical (unpaired) electrons. The van der Waals surface area contributed by atoms with E-state index in [2.05, 4.69) is 0 Å². The second-order valence-electron chi connectivity index (χ2n) is 6.67. The third kappa shape index (κ3) is 4.83. The number of amides is 1. The lowest BCUT2D eigenvalue weighted by molar-refractivity contribution is -0.137. The summed E-state index contributed by atoms with van der Waals surface area (Å²) in [4.78, 5) is 25.3. The number of nitrogens with zero attached hydrogens (tertiary/aromatic N) is 2. The Labute approximate surface area is 157 Å². The van der Waals surface area contributed by atoms with E-state index in [0.29, 0.717) is 25.3 Å². The second kappa shape index (κ2) is 7.93. The lowest BCUT2D eigenvalue weighted by Crippen LogP contribution is -2.51. The second-order valence-corrected chi connectivity index (χ2v) is 8.65. The molecule has 10 heteroatoms. The average molecular weight is 398 g/mol. The Hall–Kier alpha value is -2.01. The Morgan fingerprint density at radius 1 is 1.30 bits per heavy atom. The number of hydrogen-bond donors (Lipinski definition) is 1. The van der Waals surface area contributed by atoms with Gasteiger partial charge in [0.05, 0.1) is 32.2 Å². The van der Waals surface area contributed by atoms with Crippen molar-refractivity contribution in [1.82, 2.24) is 9.21 Å². The van der Waals surface area contributed by atoms with E-state index in [0.717, 1.165) is 21.7 Å². The first-order valence-electron chi connectivity index (χ1n) is 8.51. The number of carbonyl (C=O) groups excluding carboxylic acids is 1. The van der Waals surface area contributed by atoms with Gasteiger partial charge in [0.15, 0.2) is 0 Å². The maximum atomic E-state index is 12.8. The highest BCUT2D eigenvalue weighted by molar-refractivity contribution is 7.88. The molecule has 2 heterocycles. The van der Waals surface area contributed by atoms with Crippen LogP contribution in [0.1, 0.15) is 21.5 Å². The lowest BCUT2D eigenvalue weighted by Gasteiger charge is -2.35. The molecule has 1 atom stereocenters. The predicted molar refractivity (Wildman–Crippen MR) is 94.6 cm³/mol. The van der Waals surface area contributed by atoms with Crippen LogP contribution in [0.5, 0.6) is 0 Å². The van der Waals surface area contributed by atoms with Crippen LogP contribution in [0.15, 0.2) is 18.2 Å². The van der Waals surface area contributed by atoms with E-state index < -0.39 is 28.6 Å². The summed E-state index contributed by atoms with van der Waals surface area (Å²) < 4.78 is 35.4. The van der Waals surface area contributed by atoms with Gasteiger partial charge in [-0.1, -0.05) is 6.07 Å². The zero-order chi connectivity index (χ0) is 19.6. The number of benzene rings is 1. The third-order valence-electron chi connectivity index (χ3n) is 4.58. The minimum Gasteiger partial charge on any atom is -0.480 e. The van der Waals surface area contributed by atoms with Crippen LogP contribution in [0.4, 0.5) is 0 Å². The summed E-state index contributed by atoms with van der Waals surface area (Å²) in [7, 11) is -3.70. The monoisotopic (exact) mass is 398 g/mol. The van der Waals surface area contributed by atoms with Gasteiger partial charge in [-0.15, -0.1) is 0 Å². The highest BCUT2D eigenvalue weighted by atomic mass is 32.2. The summed E-state index contributed by atoms with van der Waals surface area (Å²) in [5, 5.41) is 8.92. The number of hydrogen-bond acceptors (Lipinski definition) is 6. The highest BCUT2D eigenvalue weighted by Gasteiger charge is 2.30. The van der Waals surface area contributed by atoms with Gasteiger partial charge in [0.1, 0.15) is 6.54 Å². The molecule has 148 valence electrons. The van der Waals surface area contributed by atoms with Crippen LogP contribution >= 0.6 is 0 Å². The van der Waals surface area contributed by atoms with Crippen LogP contribution in [0.3, 0.4) is 0 Å². The molecule has 2 aliphatic rings. The van der Waals surface area contributed by atoms with Crippen molar-refractivity contribution in [2.75, 3.05) is 39.0 Å². The standard InChI is InChI=1S/C17H22N2O7S/c1-27(23,24)19(9-16(20)21)8-15-7-18(4-5-26-15)17(22)12-2-3-13-10-25-11-14(13)6-12/h2-3,6,15H,4-5,7-11H2,1H3,(H,20,21). The molecule has 3 rings (SSSR count). The van der Waals surface area contributed by atoms with Crippen molar-refractivity contribution in [3.8, 4) is 0 Å². The molecule has 1 fully saturated rings. The first kappa shape index (κ1) is 19.7. The predicted octanol–water partition coefficient (Wildman–Crippen LogP) is -0.0960. The topological polar surface area (TPSA) is 113 Å². The number of carboxylic acids is 1. The Morgan fingerprint density at radius 3 is 2.74 bits per heavy atom. The minimum atomic E-state index is -3.70. The van der Waals surface area contributed by atoms with Gasteiger partial charge in [0.2, 0.25) is 10.0 Å². The number of morpholine rings is 1. The Bertz CT molecular complexity index is 840. The molecule has 2 aliphatic heterocycles. The Balaban J connectivity index is 1.68. The zero-order valence-corrected chi connectivity index (χ0v) is 15.8. The highest BCUT2D eigenvalue weighted by Crippen LogP contribution is 2.22. The van der Waals surface area contributed by atoms with E-state index in [4.69, 9.17) is 14.6 Å². The van der Waals surface area contributed by atoms with Gasteiger partial charge in [-0.3, -0.25) is 9.59 Å². The first-order chi connectivity index (χ1) is 12.7. The normalized spacial score (nSPS) is 19.9. The SMILES string of the molecule is CS(=O)(=O)N(CC(=O)O)CC1CN(C(=O)c2ccc3c(c2)COC3)CCO1. The van der Waals surface area contributed by atoms with E-state index in [1.807, 2.05) is 12.1 Å². The van der Waals surface area contributed by atoms with Crippen molar-refractivity contribution in [1.29, 1.82) is 0 Å². The van der Waals surface area contributed by atoms with Crippen LogP contribution in [-0.4, -0.2) is 79.8 Å². The van der Waals surface area contributed by atoms with Crippen LogP contribution in [-0.2, 0) is 37.5 Å². The maximum absolute atomic E-state index is 12.8. The smallest absolute Gasteiger partial charge is 0.318 e. The third-order valence-corrected chi connectivity index (χ3v) is 5.80. The van der Waals surface area contributed by atoms with Gasteiger partial charge in [-0.05, 0) is 23.3 Å². The van der Waals surface area contributed by atoms with E-state index in [1.165, 1.54) is 0 Å². The van der Waals surface area contributed by atoms with Crippen LogP contribution < -0.4 is 0 Å². The molecule has 0 bridgehead atoms. The molecule has 0 spiro atoms. The molecule has 1 saturated heterocycles. The summed E-state index contributed by atoms with van der Waals surface area (Å²) in [6, 6.07) is 5.46. The molecule has 27 heavy (non-hydrogen) atoms. The van der Waals surface area contributed by atoms with Crippen molar-refractivity contribution >= 4 is 21.9 Å². The molecule has 0 saturated carbocycles. The molecule has 1 unspecified atom stereocenters. The Morgan fingerprint density at radius 2 is 2.04 bits per heavy atom. The summed E-state index contributed by atoms with van der Waals surface area (Å²) >= 11 is 0. The van der Waals surface area contributed by atoms with Crippen LogP contribution in [0.2, 0.25) is 0 Å². The zero-order valence-electron chi connectivity index (χ0n) is 15.0. The number of fused-ring (bicyclic) bond motifs is 1. The minimum absolute atomic E-state index is 0.118. The number of aliphatic carboxylic acids is 1. The van der Waals surface area contributed by atoms with Gasteiger partial charge in [-0.25, -0.2) is 8.42 Å². The summed E-state index contributed by atoms with van der Waals surface area (Å²) in [5.74, 6) is -1.41. The maximum Gasteiger partial charge on any atom is 0.318 e.